The van der Waals surface area contributed by atoms with Crippen LogP contribution in [0, 0.1) is 0 Å². The summed E-state index contributed by atoms with van der Waals surface area (Å²) in [7, 11) is -3.83. The molecule has 0 saturated carbocycles. The lowest BCUT2D eigenvalue weighted by Crippen LogP contribution is -2.51. The smallest absolute Gasteiger partial charge is 0.411 e. The second-order valence-electron chi connectivity index (χ2n) is 12.5. The van der Waals surface area contributed by atoms with E-state index in [1.165, 1.54) is 0 Å². The number of ether oxygens (including phenoxy) is 1. The van der Waals surface area contributed by atoms with Gasteiger partial charge in [0.05, 0.1) is 25.3 Å². The molecule has 0 aliphatic carbocycles. The lowest BCUT2D eigenvalue weighted by Gasteiger charge is -2.40. The molecule has 1 rings (SSSR count). The highest BCUT2D eigenvalue weighted by Crippen LogP contribution is 2.38. The van der Waals surface area contributed by atoms with Crippen molar-refractivity contribution in [1.82, 2.24) is 4.90 Å². The molecule has 7 heteroatoms. The molecule has 0 aromatic rings. The molecule has 176 valence electrons. The minimum absolute atomic E-state index is 0.122. The summed E-state index contributed by atoms with van der Waals surface area (Å²) in [5, 5.41) is 0.244. The summed E-state index contributed by atoms with van der Waals surface area (Å²) in [6.07, 6.45) is 3.85. The fourth-order valence-electron chi connectivity index (χ4n) is 2.57. The molecule has 0 aromatic carbocycles. The normalized spacial score (nSPS) is 21.3. The molecule has 0 bridgehead atoms. The zero-order chi connectivity index (χ0) is 23.8. The van der Waals surface area contributed by atoms with E-state index in [0.29, 0.717) is 13.2 Å². The molecule has 1 aliphatic heterocycles. The van der Waals surface area contributed by atoms with Gasteiger partial charge in [-0.15, -0.1) is 0 Å². The van der Waals surface area contributed by atoms with E-state index >= 15 is 0 Å². The van der Waals surface area contributed by atoms with E-state index in [-0.39, 0.29) is 28.3 Å². The Bertz CT molecular complexity index is 585. The fourth-order valence-corrected chi connectivity index (χ4v) is 4.61. The van der Waals surface area contributed by atoms with Crippen LogP contribution in [-0.4, -0.2) is 58.5 Å². The Labute approximate surface area is 187 Å². The highest BCUT2D eigenvalue weighted by atomic mass is 28.4. The van der Waals surface area contributed by atoms with E-state index in [1.54, 1.807) is 0 Å². The lowest BCUT2D eigenvalue weighted by molar-refractivity contribution is 0.00752. The number of hydrogen-bond acceptors (Lipinski definition) is 4. The van der Waals surface area contributed by atoms with Crippen molar-refractivity contribution in [2.45, 2.75) is 116 Å². The first-order valence-corrected chi connectivity index (χ1v) is 17.0. The second kappa shape index (κ2) is 9.08. The van der Waals surface area contributed by atoms with E-state index in [0.717, 1.165) is 0 Å². The van der Waals surface area contributed by atoms with Crippen molar-refractivity contribution in [1.29, 1.82) is 0 Å². The van der Waals surface area contributed by atoms with Gasteiger partial charge in [0.2, 0.25) is 0 Å². The zero-order valence-electron chi connectivity index (χ0n) is 21.8. The van der Waals surface area contributed by atoms with E-state index in [9.17, 15) is 4.79 Å². The number of nitrogens with zero attached hydrogens (tertiary/aromatic N) is 1. The van der Waals surface area contributed by atoms with Crippen molar-refractivity contribution < 1.29 is 18.4 Å². The van der Waals surface area contributed by atoms with Crippen LogP contribution in [0.4, 0.5) is 4.79 Å². The average molecular weight is 458 g/mol. The van der Waals surface area contributed by atoms with Crippen molar-refractivity contribution in [3.05, 3.63) is 12.2 Å². The minimum atomic E-state index is -1.92. The van der Waals surface area contributed by atoms with E-state index < -0.39 is 22.2 Å². The molecule has 1 amide bonds. The first kappa shape index (κ1) is 27.4. The maximum absolute atomic E-state index is 13.1. The average Bonchev–Trinajstić information content (AvgIpc) is 2.90. The SMILES string of the molecule is CC(C)(C)OC(=O)N1[C@@H](CO[Si](C)(C)C(C)(C)C)C=C[C@H]1CO[Si](C)(C)C(C)(C)C. The molecule has 0 spiro atoms. The molecule has 0 fully saturated rings. The van der Waals surface area contributed by atoms with E-state index in [1.807, 2.05) is 25.7 Å². The summed E-state index contributed by atoms with van der Waals surface area (Å²) < 4.78 is 18.6. The van der Waals surface area contributed by atoms with Crippen molar-refractivity contribution in [3.8, 4) is 0 Å². The van der Waals surface area contributed by atoms with Gasteiger partial charge >= 0.3 is 6.09 Å². The topological polar surface area (TPSA) is 48.0 Å². The van der Waals surface area contributed by atoms with Crippen molar-refractivity contribution in [3.63, 3.8) is 0 Å². The molecule has 30 heavy (non-hydrogen) atoms. The molecule has 5 nitrogen and oxygen atoms in total. The van der Waals surface area contributed by atoms with E-state index in [2.05, 4.69) is 79.9 Å². The largest absolute Gasteiger partial charge is 0.444 e. The van der Waals surface area contributed by atoms with Gasteiger partial charge in [0, 0.05) is 0 Å². The summed E-state index contributed by atoms with van der Waals surface area (Å²) in [5.41, 5.74) is -0.546. The minimum Gasteiger partial charge on any atom is -0.444 e. The van der Waals surface area contributed by atoms with Crippen LogP contribution < -0.4 is 0 Å². The van der Waals surface area contributed by atoms with Crippen LogP contribution >= 0.6 is 0 Å². The monoisotopic (exact) mass is 457 g/mol. The number of carbonyl (C=O) groups is 1. The molecule has 0 saturated heterocycles. The Morgan fingerprint density at radius 3 is 1.37 bits per heavy atom. The van der Waals surface area contributed by atoms with Crippen LogP contribution in [0.5, 0.6) is 0 Å². The number of carbonyl (C=O) groups excluding carboxylic acids is 1. The van der Waals surface area contributed by atoms with Gasteiger partial charge in [-0.25, -0.2) is 4.79 Å². The molecule has 0 radical (unpaired) electrons. The Balaban J connectivity index is 2.99. The van der Waals surface area contributed by atoms with Crippen molar-refractivity contribution in [2.24, 2.45) is 0 Å². The lowest BCUT2D eigenvalue weighted by atomic mass is 10.2. The van der Waals surface area contributed by atoms with Gasteiger partial charge in [0.1, 0.15) is 5.60 Å². The Morgan fingerprint density at radius 1 is 0.767 bits per heavy atom. The first-order valence-electron chi connectivity index (χ1n) is 11.2. The second-order valence-corrected chi connectivity index (χ2v) is 22.2. The molecule has 1 heterocycles. The van der Waals surface area contributed by atoms with Gasteiger partial charge in [-0.3, -0.25) is 4.90 Å². The molecule has 2 atom stereocenters. The maximum Gasteiger partial charge on any atom is 0.411 e. The number of amides is 1. The molecular weight excluding hydrogens is 410 g/mol. The summed E-state index contributed by atoms with van der Waals surface area (Å²) in [5.74, 6) is 0. The Morgan fingerprint density at radius 2 is 1.10 bits per heavy atom. The first-order chi connectivity index (χ1) is 13.2. The highest BCUT2D eigenvalue weighted by molar-refractivity contribution is 6.74. The number of hydrogen-bond donors (Lipinski definition) is 0. The Kier molecular flexibility index (Phi) is 8.29. The van der Waals surface area contributed by atoms with Gasteiger partial charge in [0.15, 0.2) is 16.6 Å². The van der Waals surface area contributed by atoms with Crippen LogP contribution in [0.1, 0.15) is 62.3 Å². The van der Waals surface area contributed by atoms with Gasteiger partial charge in [-0.2, -0.15) is 0 Å². The zero-order valence-corrected chi connectivity index (χ0v) is 23.8. The summed E-state index contributed by atoms with van der Waals surface area (Å²) in [6, 6.07) is -0.274. The molecule has 0 unspecified atom stereocenters. The number of rotatable bonds is 6. The third-order valence-corrected chi connectivity index (χ3v) is 15.7. The third kappa shape index (κ3) is 7.21. The standard InChI is InChI=1S/C23H47NO4Si2/c1-21(2,3)28-20(25)24-18(16-26-29(10,11)22(4,5)6)14-15-19(24)17-27-30(12,13)23(7,8)9/h14-15,18-19H,16-17H2,1-13H3/t18-,19+. The Hall–Kier alpha value is -0.636. The van der Waals surface area contributed by atoms with Crippen molar-refractivity contribution >= 4 is 22.7 Å². The molecule has 0 N–H and O–H groups in total. The van der Waals surface area contributed by atoms with Crippen LogP contribution in [0.15, 0.2) is 12.2 Å². The molecule has 1 aliphatic rings. The van der Waals surface area contributed by atoms with Gasteiger partial charge in [0.25, 0.3) is 0 Å². The van der Waals surface area contributed by atoms with Gasteiger partial charge in [-0.1, -0.05) is 53.7 Å². The summed E-state index contributed by atoms with van der Waals surface area (Å²) in [6.45, 7) is 29.0. The van der Waals surface area contributed by atoms with Crippen LogP contribution in [0.2, 0.25) is 36.3 Å². The fraction of sp³-hybridized carbons (Fsp3) is 0.870. The summed E-state index contributed by atoms with van der Waals surface area (Å²) >= 11 is 0. The molecular formula is C23H47NO4Si2. The van der Waals surface area contributed by atoms with Gasteiger partial charge < -0.3 is 13.6 Å². The predicted octanol–water partition coefficient (Wildman–Crippen LogP) is 6.57. The summed E-state index contributed by atoms with van der Waals surface area (Å²) in [4.78, 5) is 14.9. The molecule has 0 aromatic heterocycles. The van der Waals surface area contributed by atoms with Crippen LogP contribution in [0.25, 0.3) is 0 Å². The van der Waals surface area contributed by atoms with Crippen LogP contribution in [-0.2, 0) is 13.6 Å². The van der Waals surface area contributed by atoms with Crippen LogP contribution in [0.3, 0.4) is 0 Å². The van der Waals surface area contributed by atoms with E-state index in [4.69, 9.17) is 13.6 Å². The maximum atomic E-state index is 13.1. The van der Waals surface area contributed by atoms with Crippen molar-refractivity contribution in [2.75, 3.05) is 13.2 Å². The quantitative estimate of drug-likeness (QED) is 0.334. The predicted molar refractivity (Wildman–Crippen MR) is 131 cm³/mol. The van der Waals surface area contributed by atoms with Gasteiger partial charge in [-0.05, 0) is 57.0 Å². The third-order valence-electron chi connectivity index (χ3n) is 6.72. The highest BCUT2D eigenvalue weighted by Gasteiger charge is 2.43.